The van der Waals surface area contributed by atoms with Gasteiger partial charge in [0.25, 0.3) is 11.8 Å². The molecular weight excluding hydrogens is 504 g/mol. The largest absolute Gasteiger partial charge is 0.466 e. The Balaban J connectivity index is 1.55. The number of carbonyl (C=O) groups is 2. The number of hydrogen-bond acceptors (Lipinski definition) is 10. The van der Waals surface area contributed by atoms with Gasteiger partial charge >= 0.3 is 6.01 Å². The van der Waals surface area contributed by atoms with Crippen molar-refractivity contribution in [1.29, 1.82) is 5.26 Å². The zero-order valence-corrected chi connectivity index (χ0v) is 20.9. The van der Waals surface area contributed by atoms with E-state index in [4.69, 9.17) is 19.9 Å². The van der Waals surface area contributed by atoms with Crippen molar-refractivity contribution in [2.45, 2.75) is 6.42 Å². The Morgan fingerprint density at radius 3 is 2.79 bits per heavy atom. The van der Waals surface area contributed by atoms with Gasteiger partial charge in [-0.3, -0.25) is 9.59 Å². The van der Waals surface area contributed by atoms with E-state index < -0.39 is 5.91 Å². The number of nitriles is 1. The van der Waals surface area contributed by atoms with Crippen LogP contribution < -0.4 is 25.3 Å². The first-order valence-corrected chi connectivity index (χ1v) is 11.6. The van der Waals surface area contributed by atoms with Crippen molar-refractivity contribution in [2.24, 2.45) is 0 Å². The van der Waals surface area contributed by atoms with Gasteiger partial charge in [0.2, 0.25) is 11.8 Å². The van der Waals surface area contributed by atoms with Gasteiger partial charge in [0.05, 0.1) is 23.7 Å². The summed E-state index contributed by atoms with van der Waals surface area (Å²) in [6.45, 7) is -0.264. The number of benzene rings is 2. The second-order valence-electron chi connectivity index (χ2n) is 8.67. The molecule has 13 heteroatoms. The fourth-order valence-corrected chi connectivity index (χ4v) is 3.66. The maximum Gasteiger partial charge on any atom is 0.328 e. The fraction of sp³-hybridized carbons (Fsp3) is 0.154. The first-order chi connectivity index (χ1) is 18.8. The van der Waals surface area contributed by atoms with E-state index in [9.17, 15) is 14.9 Å². The van der Waals surface area contributed by atoms with Crippen molar-refractivity contribution < 1.29 is 23.8 Å². The van der Waals surface area contributed by atoms with Gasteiger partial charge in [-0.15, -0.1) is 0 Å². The van der Waals surface area contributed by atoms with Gasteiger partial charge in [-0.1, -0.05) is 0 Å². The van der Waals surface area contributed by atoms with E-state index in [2.05, 4.69) is 25.3 Å². The normalized spacial score (nSPS) is 12.0. The Hall–Kier alpha value is -5.64. The molecule has 0 radical (unpaired) electrons. The Kier molecular flexibility index (Phi) is 6.66. The van der Waals surface area contributed by atoms with Crippen molar-refractivity contribution in [3.05, 3.63) is 59.9 Å². The standard InChI is InChI=1S/C26H22N8O5/c1-34(2)21(36)10-15-7-16(23-29-5-6-30-23)11-17(8-15)38-25-22-24(37-13-20(35)31-22)32-26(33-25)39-19-9-14(12-27)3-4-18(19)28/h3-9,11H,10,13,28H2,1-2H3,(H,29,30)(H,31,35). The first kappa shape index (κ1) is 25.0. The number of aromatic nitrogens is 4. The van der Waals surface area contributed by atoms with E-state index in [1.807, 2.05) is 12.1 Å². The molecule has 0 atom stereocenters. The van der Waals surface area contributed by atoms with E-state index in [-0.39, 0.29) is 53.8 Å². The fourth-order valence-electron chi connectivity index (χ4n) is 3.66. The molecule has 0 saturated heterocycles. The first-order valence-electron chi connectivity index (χ1n) is 11.6. The third kappa shape index (κ3) is 5.54. The lowest BCUT2D eigenvalue weighted by Crippen LogP contribution is -2.26. The average Bonchev–Trinajstić information content (AvgIpc) is 3.45. The predicted octanol–water partition coefficient (Wildman–Crippen LogP) is 2.87. The number of carbonyl (C=O) groups excluding carboxylic acids is 2. The minimum atomic E-state index is -0.419. The van der Waals surface area contributed by atoms with Gasteiger partial charge in [-0.25, -0.2) is 4.98 Å². The number of anilines is 2. The molecule has 2 aromatic heterocycles. The molecule has 39 heavy (non-hydrogen) atoms. The minimum absolute atomic E-state index is 0.0230. The summed E-state index contributed by atoms with van der Waals surface area (Å²) < 4.78 is 17.4. The summed E-state index contributed by atoms with van der Waals surface area (Å²) in [6, 6.07) is 11.6. The van der Waals surface area contributed by atoms with Crippen molar-refractivity contribution in [3.8, 4) is 46.7 Å². The molecule has 0 aliphatic carbocycles. The molecule has 0 bridgehead atoms. The molecular formula is C26H22N8O5. The Labute approximate surface area is 222 Å². The van der Waals surface area contributed by atoms with Crippen LogP contribution in [0.25, 0.3) is 11.4 Å². The van der Waals surface area contributed by atoms with Crippen molar-refractivity contribution >= 4 is 23.2 Å². The number of aromatic amines is 1. The Morgan fingerprint density at radius 1 is 1.21 bits per heavy atom. The van der Waals surface area contributed by atoms with Gasteiger partial charge in [0.15, 0.2) is 18.0 Å². The molecule has 0 saturated carbocycles. The summed E-state index contributed by atoms with van der Waals surface area (Å²) in [7, 11) is 3.35. The number of imidazole rings is 1. The van der Waals surface area contributed by atoms with Crippen LogP contribution in [0.3, 0.4) is 0 Å². The van der Waals surface area contributed by atoms with Crippen LogP contribution in [0.4, 0.5) is 11.4 Å². The number of hydrogen-bond donors (Lipinski definition) is 3. The number of nitrogens with one attached hydrogen (secondary N) is 2. The molecule has 0 unspecified atom stereocenters. The number of H-pyrrole nitrogens is 1. The lowest BCUT2D eigenvalue weighted by Gasteiger charge is -2.20. The summed E-state index contributed by atoms with van der Waals surface area (Å²) in [5.74, 6) is 0.460. The quantitative estimate of drug-likeness (QED) is 0.303. The highest BCUT2D eigenvalue weighted by molar-refractivity contribution is 5.96. The Bertz CT molecular complexity index is 1610. The number of nitrogens with two attached hydrogens (primary N) is 1. The molecule has 2 amide bonds. The second kappa shape index (κ2) is 10.4. The Morgan fingerprint density at radius 2 is 2.05 bits per heavy atom. The van der Waals surface area contributed by atoms with Crippen LogP contribution in [0.5, 0.6) is 29.3 Å². The maximum absolute atomic E-state index is 12.4. The maximum atomic E-state index is 12.4. The van der Waals surface area contributed by atoms with Crippen LogP contribution >= 0.6 is 0 Å². The van der Waals surface area contributed by atoms with Crippen LogP contribution in [-0.4, -0.2) is 57.4 Å². The number of nitrogens with zero attached hydrogens (tertiary/aromatic N) is 5. The molecule has 0 spiro atoms. The third-order valence-electron chi connectivity index (χ3n) is 5.58. The smallest absolute Gasteiger partial charge is 0.328 e. The van der Waals surface area contributed by atoms with Gasteiger partial charge in [-0.2, -0.15) is 15.2 Å². The van der Waals surface area contributed by atoms with E-state index in [0.717, 1.165) is 0 Å². The highest BCUT2D eigenvalue weighted by Gasteiger charge is 2.26. The second-order valence-corrected chi connectivity index (χ2v) is 8.67. The number of likely N-dealkylation sites (N-methyl/N-ethyl adjacent to an activating group) is 1. The molecule has 5 rings (SSSR count). The van der Waals surface area contributed by atoms with Gasteiger partial charge in [0.1, 0.15) is 11.6 Å². The highest BCUT2D eigenvalue weighted by Crippen LogP contribution is 2.40. The van der Waals surface area contributed by atoms with Crippen molar-refractivity contribution in [1.82, 2.24) is 24.8 Å². The van der Waals surface area contributed by atoms with Gasteiger partial charge in [-0.05, 0) is 35.9 Å². The predicted molar refractivity (Wildman–Crippen MR) is 138 cm³/mol. The van der Waals surface area contributed by atoms with Crippen molar-refractivity contribution in [2.75, 3.05) is 31.8 Å². The summed E-state index contributed by atoms with van der Waals surface area (Å²) in [5, 5.41) is 11.9. The monoisotopic (exact) mass is 526 g/mol. The minimum Gasteiger partial charge on any atom is -0.466 e. The molecule has 4 aromatic rings. The summed E-state index contributed by atoms with van der Waals surface area (Å²) in [6.07, 6.45) is 3.40. The molecule has 0 fully saturated rings. The molecule has 196 valence electrons. The molecule has 13 nitrogen and oxygen atoms in total. The topological polar surface area (TPSA) is 181 Å². The number of rotatable bonds is 7. The van der Waals surface area contributed by atoms with E-state index in [1.54, 1.807) is 44.7 Å². The number of amides is 2. The van der Waals surface area contributed by atoms with Crippen molar-refractivity contribution in [3.63, 3.8) is 0 Å². The van der Waals surface area contributed by atoms with E-state index in [0.29, 0.717) is 28.3 Å². The van der Waals surface area contributed by atoms with Gasteiger partial charge < -0.3 is 35.1 Å². The van der Waals surface area contributed by atoms with Crippen LogP contribution in [0.2, 0.25) is 0 Å². The number of nitrogen functional groups attached to an aromatic ring is 1. The summed E-state index contributed by atoms with van der Waals surface area (Å²) >= 11 is 0. The average molecular weight is 527 g/mol. The van der Waals surface area contributed by atoms with E-state index >= 15 is 0 Å². The zero-order valence-electron chi connectivity index (χ0n) is 20.9. The highest BCUT2D eigenvalue weighted by atomic mass is 16.5. The molecule has 4 N–H and O–H groups in total. The SMILES string of the molecule is CN(C)C(=O)Cc1cc(Oc2nc(Oc3cc(C#N)ccc3N)nc3c2NC(=O)CO3)cc(-c2ncc[nH]2)c1. The molecule has 2 aromatic carbocycles. The summed E-state index contributed by atoms with van der Waals surface area (Å²) in [5.41, 5.74) is 8.02. The van der Waals surface area contributed by atoms with Crippen LogP contribution in [0.15, 0.2) is 48.8 Å². The molecule has 1 aliphatic heterocycles. The molecule has 1 aliphatic rings. The van der Waals surface area contributed by atoms with Crippen LogP contribution in [-0.2, 0) is 16.0 Å². The third-order valence-corrected chi connectivity index (χ3v) is 5.58. The number of ether oxygens (including phenoxy) is 3. The van der Waals surface area contributed by atoms with E-state index in [1.165, 1.54) is 17.0 Å². The summed E-state index contributed by atoms with van der Waals surface area (Å²) in [4.78, 5) is 41.9. The molecule has 3 heterocycles. The van der Waals surface area contributed by atoms with Gasteiger partial charge in [0, 0.05) is 38.1 Å². The number of fused-ring (bicyclic) bond motifs is 1. The lowest BCUT2D eigenvalue weighted by molar-refractivity contribution is -0.128. The van der Waals surface area contributed by atoms with Crippen LogP contribution in [0, 0.1) is 11.3 Å². The lowest BCUT2D eigenvalue weighted by atomic mass is 10.1. The zero-order chi connectivity index (χ0) is 27.5. The van der Waals surface area contributed by atoms with Crippen LogP contribution in [0.1, 0.15) is 11.1 Å².